The van der Waals surface area contributed by atoms with Crippen LogP contribution in [0.2, 0.25) is 0 Å². The maximum atomic E-state index is 11.0. The van der Waals surface area contributed by atoms with Crippen LogP contribution in [-0.4, -0.2) is 37.6 Å². The quantitative estimate of drug-likeness (QED) is 0.602. The first-order chi connectivity index (χ1) is 6.70. The van der Waals surface area contributed by atoms with Crippen LogP contribution >= 0.6 is 11.8 Å². The van der Waals surface area contributed by atoms with Crippen molar-refractivity contribution in [3.8, 4) is 0 Å². The van der Waals surface area contributed by atoms with Crippen LogP contribution in [0.5, 0.6) is 0 Å². The standard InChI is InChI=1S/C10H22N2OS/c1-9(8-10(13)11-2)12-6-4-5-7-14-3/h9,12H,4-8H2,1-3H3,(H,11,13). The van der Waals surface area contributed by atoms with Gasteiger partial charge in [-0.2, -0.15) is 11.8 Å². The highest BCUT2D eigenvalue weighted by Gasteiger charge is 2.05. The van der Waals surface area contributed by atoms with Crippen molar-refractivity contribution in [2.75, 3.05) is 25.6 Å². The summed E-state index contributed by atoms with van der Waals surface area (Å²) in [5.41, 5.74) is 0. The largest absolute Gasteiger partial charge is 0.359 e. The molecule has 0 radical (unpaired) electrons. The second-order valence-electron chi connectivity index (χ2n) is 3.43. The molecule has 0 aliphatic heterocycles. The predicted molar refractivity (Wildman–Crippen MR) is 63.8 cm³/mol. The fourth-order valence-corrected chi connectivity index (χ4v) is 1.66. The highest BCUT2D eigenvalue weighted by atomic mass is 32.2. The van der Waals surface area contributed by atoms with Gasteiger partial charge in [-0.3, -0.25) is 4.79 Å². The molecule has 0 aromatic carbocycles. The van der Waals surface area contributed by atoms with E-state index in [1.807, 2.05) is 18.7 Å². The summed E-state index contributed by atoms with van der Waals surface area (Å²) in [6, 6.07) is 0.282. The number of nitrogens with one attached hydrogen (secondary N) is 2. The molecule has 0 aromatic heterocycles. The Hall–Kier alpha value is -0.220. The molecule has 1 amide bonds. The number of thioether (sulfide) groups is 1. The van der Waals surface area contributed by atoms with Gasteiger partial charge in [-0.1, -0.05) is 0 Å². The normalized spacial score (nSPS) is 12.5. The SMILES string of the molecule is CNC(=O)CC(C)NCCCCSC. The summed E-state index contributed by atoms with van der Waals surface area (Å²) in [6.45, 7) is 3.06. The van der Waals surface area contributed by atoms with E-state index < -0.39 is 0 Å². The lowest BCUT2D eigenvalue weighted by Gasteiger charge is -2.12. The molecule has 0 spiro atoms. The third-order valence-corrected chi connectivity index (χ3v) is 2.74. The van der Waals surface area contributed by atoms with Gasteiger partial charge in [0.2, 0.25) is 5.91 Å². The summed E-state index contributed by atoms with van der Waals surface area (Å²) >= 11 is 1.88. The van der Waals surface area contributed by atoms with Gasteiger partial charge in [0, 0.05) is 19.5 Å². The summed E-state index contributed by atoms with van der Waals surface area (Å²) in [5.74, 6) is 1.33. The molecular formula is C10H22N2OS. The number of amides is 1. The van der Waals surface area contributed by atoms with Crippen LogP contribution in [0.15, 0.2) is 0 Å². The second kappa shape index (κ2) is 9.34. The van der Waals surface area contributed by atoms with Crippen LogP contribution in [0.4, 0.5) is 0 Å². The third kappa shape index (κ3) is 8.38. The van der Waals surface area contributed by atoms with Crippen molar-refractivity contribution in [3.63, 3.8) is 0 Å². The first-order valence-corrected chi connectivity index (χ1v) is 6.53. The van der Waals surface area contributed by atoms with Gasteiger partial charge in [0.05, 0.1) is 0 Å². The van der Waals surface area contributed by atoms with Gasteiger partial charge < -0.3 is 10.6 Å². The zero-order valence-corrected chi connectivity index (χ0v) is 10.2. The molecule has 0 rings (SSSR count). The highest BCUT2D eigenvalue weighted by molar-refractivity contribution is 7.98. The summed E-state index contributed by atoms with van der Waals surface area (Å²) in [4.78, 5) is 11.0. The number of carbonyl (C=O) groups excluding carboxylic acids is 1. The molecule has 0 fully saturated rings. The van der Waals surface area contributed by atoms with Crippen molar-refractivity contribution in [3.05, 3.63) is 0 Å². The summed E-state index contributed by atoms with van der Waals surface area (Å²) in [7, 11) is 1.67. The van der Waals surface area contributed by atoms with E-state index >= 15 is 0 Å². The Morgan fingerprint density at radius 3 is 2.71 bits per heavy atom. The van der Waals surface area contributed by atoms with Crippen molar-refractivity contribution in [1.82, 2.24) is 10.6 Å². The van der Waals surface area contributed by atoms with E-state index in [4.69, 9.17) is 0 Å². The van der Waals surface area contributed by atoms with E-state index in [0.29, 0.717) is 6.42 Å². The Labute approximate surface area is 91.4 Å². The Kier molecular flexibility index (Phi) is 9.19. The maximum absolute atomic E-state index is 11.0. The van der Waals surface area contributed by atoms with Gasteiger partial charge in [0.1, 0.15) is 0 Å². The molecule has 0 aromatic rings. The molecule has 0 aliphatic rings. The van der Waals surface area contributed by atoms with Crippen LogP contribution in [0, 0.1) is 0 Å². The average Bonchev–Trinajstić information content (AvgIpc) is 2.17. The Morgan fingerprint density at radius 2 is 2.14 bits per heavy atom. The lowest BCUT2D eigenvalue weighted by molar-refractivity contribution is -0.121. The smallest absolute Gasteiger partial charge is 0.221 e. The van der Waals surface area contributed by atoms with Crippen LogP contribution < -0.4 is 10.6 Å². The van der Waals surface area contributed by atoms with Gasteiger partial charge in [-0.25, -0.2) is 0 Å². The first-order valence-electron chi connectivity index (χ1n) is 5.13. The molecule has 2 N–H and O–H groups in total. The van der Waals surface area contributed by atoms with Crippen molar-refractivity contribution < 1.29 is 4.79 Å². The number of hydrogen-bond donors (Lipinski definition) is 2. The predicted octanol–water partition coefficient (Wildman–Crippen LogP) is 1.24. The van der Waals surface area contributed by atoms with Crippen LogP contribution in [0.1, 0.15) is 26.2 Å². The molecule has 0 saturated heterocycles. The van der Waals surface area contributed by atoms with E-state index in [-0.39, 0.29) is 11.9 Å². The molecule has 1 unspecified atom stereocenters. The molecule has 3 nitrogen and oxygen atoms in total. The van der Waals surface area contributed by atoms with Crippen molar-refractivity contribution >= 4 is 17.7 Å². The zero-order valence-electron chi connectivity index (χ0n) is 9.43. The Bertz CT molecular complexity index is 153. The number of rotatable bonds is 8. The van der Waals surface area contributed by atoms with Crippen molar-refractivity contribution in [2.24, 2.45) is 0 Å². The number of hydrogen-bond acceptors (Lipinski definition) is 3. The van der Waals surface area contributed by atoms with E-state index in [9.17, 15) is 4.79 Å². The second-order valence-corrected chi connectivity index (χ2v) is 4.42. The summed E-state index contributed by atoms with van der Waals surface area (Å²) in [6.07, 6.45) is 5.14. The van der Waals surface area contributed by atoms with Gasteiger partial charge >= 0.3 is 0 Å². The summed E-state index contributed by atoms with van der Waals surface area (Å²) < 4.78 is 0. The monoisotopic (exact) mass is 218 g/mol. The van der Waals surface area contributed by atoms with Gasteiger partial charge in [-0.15, -0.1) is 0 Å². The number of unbranched alkanes of at least 4 members (excludes halogenated alkanes) is 1. The van der Waals surface area contributed by atoms with Crippen LogP contribution in [-0.2, 0) is 4.79 Å². The third-order valence-electron chi connectivity index (χ3n) is 2.04. The Morgan fingerprint density at radius 1 is 1.43 bits per heavy atom. The fourth-order valence-electron chi connectivity index (χ4n) is 1.17. The lowest BCUT2D eigenvalue weighted by atomic mass is 10.2. The number of carbonyl (C=O) groups is 1. The molecule has 14 heavy (non-hydrogen) atoms. The molecule has 0 heterocycles. The zero-order chi connectivity index (χ0) is 10.8. The fraction of sp³-hybridized carbons (Fsp3) is 0.900. The Balaban J connectivity index is 3.26. The molecule has 0 saturated carbocycles. The maximum Gasteiger partial charge on any atom is 0.221 e. The van der Waals surface area contributed by atoms with Crippen LogP contribution in [0.25, 0.3) is 0 Å². The van der Waals surface area contributed by atoms with E-state index in [1.165, 1.54) is 18.6 Å². The minimum atomic E-state index is 0.106. The minimum absolute atomic E-state index is 0.106. The molecule has 0 bridgehead atoms. The van der Waals surface area contributed by atoms with Crippen molar-refractivity contribution in [2.45, 2.75) is 32.2 Å². The lowest BCUT2D eigenvalue weighted by Crippen LogP contribution is -2.32. The molecular weight excluding hydrogens is 196 g/mol. The molecule has 4 heteroatoms. The van der Waals surface area contributed by atoms with Gasteiger partial charge in [-0.05, 0) is 38.3 Å². The topological polar surface area (TPSA) is 41.1 Å². The molecule has 1 atom stereocenters. The van der Waals surface area contributed by atoms with E-state index in [1.54, 1.807) is 7.05 Å². The average molecular weight is 218 g/mol. The molecule has 0 aliphatic carbocycles. The first kappa shape index (κ1) is 13.8. The van der Waals surface area contributed by atoms with E-state index in [0.717, 1.165) is 6.54 Å². The summed E-state index contributed by atoms with van der Waals surface area (Å²) in [5, 5.41) is 5.96. The highest BCUT2D eigenvalue weighted by Crippen LogP contribution is 1.98. The molecule has 84 valence electrons. The minimum Gasteiger partial charge on any atom is -0.359 e. The van der Waals surface area contributed by atoms with Crippen molar-refractivity contribution in [1.29, 1.82) is 0 Å². The van der Waals surface area contributed by atoms with E-state index in [2.05, 4.69) is 16.9 Å². The van der Waals surface area contributed by atoms with Gasteiger partial charge in [0.25, 0.3) is 0 Å². The van der Waals surface area contributed by atoms with Crippen LogP contribution in [0.3, 0.4) is 0 Å². The van der Waals surface area contributed by atoms with Gasteiger partial charge in [0.15, 0.2) is 0 Å².